The van der Waals surface area contributed by atoms with Gasteiger partial charge in [-0.2, -0.15) is 0 Å². The molecule has 0 aromatic heterocycles. The summed E-state index contributed by atoms with van der Waals surface area (Å²) in [4.78, 5) is 13.3. The molecule has 0 unspecified atom stereocenters. The van der Waals surface area contributed by atoms with E-state index in [1.807, 2.05) is 36.2 Å². The number of carbonyl (C=O) groups excluding carboxylic acids is 1. The van der Waals surface area contributed by atoms with Gasteiger partial charge in [-0.25, -0.2) is 0 Å². The van der Waals surface area contributed by atoms with Crippen molar-refractivity contribution in [2.24, 2.45) is 0 Å². The van der Waals surface area contributed by atoms with E-state index in [2.05, 4.69) is 15.9 Å². The van der Waals surface area contributed by atoms with E-state index in [0.29, 0.717) is 6.54 Å². The summed E-state index contributed by atoms with van der Waals surface area (Å²) < 4.78 is 5.86. The zero-order valence-electron chi connectivity index (χ0n) is 9.57. The molecule has 0 fully saturated rings. The minimum atomic E-state index is 0.0945. The standard InChI is InChI=1S/C12H16BrNO2/c1-14(8-11(15)9-16-2)7-10-5-3-4-6-12(10)13/h3-6H,7-9H2,1-2H3. The van der Waals surface area contributed by atoms with Gasteiger partial charge in [0.05, 0.1) is 6.54 Å². The van der Waals surface area contributed by atoms with E-state index in [4.69, 9.17) is 4.74 Å². The fraction of sp³-hybridized carbons (Fsp3) is 0.417. The van der Waals surface area contributed by atoms with E-state index in [-0.39, 0.29) is 12.4 Å². The Morgan fingerprint density at radius 2 is 2.12 bits per heavy atom. The van der Waals surface area contributed by atoms with Crippen molar-refractivity contribution in [3.05, 3.63) is 34.3 Å². The lowest BCUT2D eigenvalue weighted by Gasteiger charge is -2.16. The molecule has 0 saturated carbocycles. The lowest BCUT2D eigenvalue weighted by molar-refractivity contribution is -0.123. The van der Waals surface area contributed by atoms with Gasteiger partial charge >= 0.3 is 0 Å². The van der Waals surface area contributed by atoms with Crippen molar-refractivity contribution in [1.29, 1.82) is 0 Å². The second kappa shape index (κ2) is 6.78. The van der Waals surface area contributed by atoms with Crippen LogP contribution in [0.15, 0.2) is 28.7 Å². The number of ether oxygens (including phenoxy) is 1. The van der Waals surface area contributed by atoms with Gasteiger partial charge in [0.25, 0.3) is 0 Å². The van der Waals surface area contributed by atoms with Gasteiger partial charge in [0, 0.05) is 18.1 Å². The van der Waals surface area contributed by atoms with Crippen LogP contribution in [0.5, 0.6) is 0 Å². The van der Waals surface area contributed by atoms with E-state index in [1.54, 1.807) is 0 Å². The van der Waals surface area contributed by atoms with Crippen molar-refractivity contribution in [3.63, 3.8) is 0 Å². The maximum atomic E-state index is 11.4. The molecule has 0 heterocycles. The summed E-state index contributed by atoms with van der Waals surface area (Å²) in [5.41, 5.74) is 1.18. The Bertz CT molecular complexity index is 355. The van der Waals surface area contributed by atoms with Crippen LogP contribution in [0, 0.1) is 0 Å². The molecule has 0 amide bonds. The first-order valence-corrected chi connectivity index (χ1v) is 5.85. The SMILES string of the molecule is COCC(=O)CN(C)Cc1ccccc1Br. The summed E-state index contributed by atoms with van der Waals surface area (Å²) >= 11 is 3.49. The first kappa shape index (κ1) is 13.4. The highest BCUT2D eigenvalue weighted by atomic mass is 79.9. The van der Waals surface area contributed by atoms with E-state index in [0.717, 1.165) is 11.0 Å². The molecule has 1 aromatic rings. The van der Waals surface area contributed by atoms with Crippen molar-refractivity contribution < 1.29 is 9.53 Å². The van der Waals surface area contributed by atoms with Gasteiger partial charge in [-0.3, -0.25) is 9.69 Å². The Hall–Kier alpha value is -0.710. The molecule has 0 bridgehead atoms. The van der Waals surface area contributed by atoms with E-state index >= 15 is 0 Å². The first-order chi connectivity index (χ1) is 7.63. The summed E-state index contributed by atoms with van der Waals surface area (Å²) in [5, 5.41) is 0. The van der Waals surface area contributed by atoms with Gasteiger partial charge in [-0.05, 0) is 18.7 Å². The van der Waals surface area contributed by atoms with Gasteiger partial charge in [-0.15, -0.1) is 0 Å². The minimum absolute atomic E-state index is 0.0945. The molecule has 0 N–H and O–H groups in total. The molecule has 1 rings (SSSR count). The Kier molecular flexibility index (Phi) is 5.66. The second-order valence-corrected chi connectivity index (χ2v) is 4.59. The maximum Gasteiger partial charge on any atom is 0.172 e. The summed E-state index contributed by atoms with van der Waals surface area (Å²) in [7, 11) is 3.46. The van der Waals surface area contributed by atoms with E-state index in [1.165, 1.54) is 12.7 Å². The van der Waals surface area contributed by atoms with Crippen LogP contribution < -0.4 is 0 Å². The largest absolute Gasteiger partial charge is 0.377 e. The molecule has 4 heteroatoms. The molecular weight excluding hydrogens is 270 g/mol. The molecular formula is C12H16BrNO2. The average Bonchev–Trinajstić information content (AvgIpc) is 2.21. The zero-order chi connectivity index (χ0) is 12.0. The molecule has 16 heavy (non-hydrogen) atoms. The molecule has 0 atom stereocenters. The Morgan fingerprint density at radius 3 is 2.75 bits per heavy atom. The Labute approximate surface area is 105 Å². The quantitative estimate of drug-likeness (QED) is 0.802. The molecule has 0 saturated heterocycles. The van der Waals surface area contributed by atoms with Gasteiger partial charge in [-0.1, -0.05) is 34.1 Å². The molecule has 0 radical (unpaired) electrons. The number of rotatable bonds is 6. The van der Waals surface area contributed by atoms with E-state index in [9.17, 15) is 4.79 Å². The second-order valence-electron chi connectivity index (χ2n) is 3.74. The van der Waals surface area contributed by atoms with Crippen LogP contribution in [-0.4, -0.2) is 38.0 Å². The number of halogens is 1. The highest BCUT2D eigenvalue weighted by Crippen LogP contribution is 2.16. The van der Waals surface area contributed by atoms with Crippen molar-refractivity contribution in [1.82, 2.24) is 4.90 Å². The average molecular weight is 286 g/mol. The number of hydrogen-bond donors (Lipinski definition) is 0. The zero-order valence-corrected chi connectivity index (χ0v) is 11.2. The van der Waals surface area contributed by atoms with Crippen molar-refractivity contribution in [2.45, 2.75) is 6.54 Å². The molecule has 0 aliphatic rings. The molecule has 0 aliphatic heterocycles. The third kappa shape index (κ3) is 4.43. The monoisotopic (exact) mass is 285 g/mol. The van der Waals surface area contributed by atoms with Crippen LogP contribution in [0.4, 0.5) is 0 Å². The fourth-order valence-electron chi connectivity index (χ4n) is 1.48. The number of benzene rings is 1. The smallest absolute Gasteiger partial charge is 0.172 e. The van der Waals surface area contributed by atoms with Gasteiger partial charge in [0.1, 0.15) is 6.61 Å². The first-order valence-electron chi connectivity index (χ1n) is 5.06. The third-order valence-corrected chi connectivity index (χ3v) is 2.92. The predicted octanol–water partition coefficient (Wildman–Crippen LogP) is 2.10. The summed E-state index contributed by atoms with van der Waals surface area (Å²) in [6, 6.07) is 8.01. The molecule has 3 nitrogen and oxygen atoms in total. The highest BCUT2D eigenvalue weighted by molar-refractivity contribution is 9.10. The Morgan fingerprint density at radius 1 is 1.44 bits per heavy atom. The van der Waals surface area contributed by atoms with Crippen molar-refractivity contribution >= 4 is 21.7 Å². The fourth-order valence-corrected chi connectivity index (χ4v) is 1.89. The lowest BCUT2D eigenvalue weighted by Crippen LogP contribution is -2.27. The van der Waals surface area contributed by atoms with Crippen LogP contribution in [0.25, 0.3) is 0 Å². The third-order valence-electron chi connectivity index (χ3n) is 2.15. The van der Waals surface area contributed by atoms with Crippen molar-refractivity contribution in [2.75, 3.05) is 27.3 Å². The summed E-state index contributed by atoms with van der Waals surface area (Å²) in [5.74, 6) is 0.0945. The van der Waals surface area contributed by atoms with Crippen LogP contribution in [0.3, 0.4) is 0 Å². The number of Topliss-reactive ketones (excluding diaryl/α,β-unsaturated/α-hetero) is 1. The highest BCUT2D eigenvalue weighted by Gasteiger charge is 2.08. The number of ketones is 1. The molecule has 0 spiro atoms. The van der Waals surface area contributed by atoms with Gasteiger partial charge in [0.15, 0.2) is 5.78 Å². The van der Waals surface area contributed by atoms with E-state index < -0.39 is 0 Å². The van der Waals surface area contributed by atoms with Crippen LogP contribution in [0.2, 0.25) is 0 Å². The topological polar surface area (TPSA) is 29.5 Å². The molecule has 88 valence electrons. The molecule has 1 aromatic carbocycles. The van der Waals surface area contributed by atoms with Crippen LogP contribution in [0.1, 0.15) is 5.56 Å². The van der Waals surface area contributed by atoms with Gasteiger partial charge < -0.3 is 4.74 Å². The predicted molar refractivity (Wildman–Crippen MR) is 67.4 cm³/mol. The number of methoxy groups -OCH3 is 1. The lowest BCUT2D eigenvalue weighted by atomic mass is 10.2. The normalized spacial score (nSPS) is 10.8. The summed E-state index contributed by atoms with van der Waals surface area (Å²) in [6.45, 7) is 1.34. The Balaban J connectivity index is 2.48. The number of carbonyl (C=O) groups is 1. The van der Waals surface area contributed by atoms with Crippen LogP contribution in [-0.2, 0) is 16.1 Å². The number of hydrogen-bond acceptors (Lipinski definition) is 3. The minimum Gasteiger partial charge on any atom is -0.377 e. The van der Waals surface area contributed by atoms with Gasteiger partial charge in [0.2, 0.25) is 0 Å². The number of likely N-dealkylation sites (N-methyl/N-ethyl adjacent to an activating group) is 1. The molecule has 0 aliphatic carbocycles. The summed E-state index contributed by atoms with van der Waals surface area (Å²) in [6.07, 6.45) is 0. The maximum absolute atomic E-state index is 11.4. The number of nitrogens with zero attached hydrogens (tertiary/aromatic N) is 1. The van der Waals surface area contributed by atoms with Crippen molar-refractivity contribution in [3.8, 4) is 0 Å². The van der Waals surface area contributed by atoms with Crippen LogP contribution >= 0.6 is 15.9 Å².